The molecule has 2 N–H and O–H groups in total. The van der Waals surface area contributed by atoms with Gasteiger partial charge in [0.05, 0.1) is 13.2 Å². The molecule has 0 bridgehead atoms. The van der Waals surface area contributed by atoms with E-state index in [1.54, 1.807) is 14.2 Å². The van der Waals surface area contributed by atoms with Gasteiger partial charge in [-0.25, -0.2) is 0 Å². The van der Waals surface area contributed by atoms with E-state index in [-0.39, 0.29) is 24.4 Å². The van der Waals surface area contributed by atoms with E-state index in [9.17, 15) is 4.79 Å². The predicted molar refractivity (Wildman–Crippen MR) is 106 cm³/mol. The molecule has 140 valence electrons. The van der Waals surface area contributed by atoms with Gasteiger partial charge in [0.25, 0.3) is 5.91 Å². The molecule has 1 fully saturated rings. The number of para-hydroxylation sites is 1. The molecule has 6 heteroatoms. The SMILES string of the molecule is CNC(=O)c1cccc(CN2CCNCC2c2ccccc2OC)c1.Cl. The van der Waals surface area contributed by atoms with Crippen LogP contribution in [0.15, 0.2) is 48.5 Å². The van der Waals surface area contributed by atoms with Gasteiger partial charge >= 0.3 is 0 Å². The van der Waals surface area contributed by atoms with Gasteiger partial charge in [-0.1, -0.05) is 30.3 Å². The highest BCUT2D eigenvalue weighted by Crippen LogP contribution is 2.31. The second-order valence-electron chi connectivity index (χ2n) is 6.21. The Morgan fingerprint density at radius 2 is 2.08 bits per heavy atom. The van der Waals surface area contributed by atoms with Crippen molar-refractivity contribution in [3.05, 3.63) is 65.2 Å². The van der Waals surface area contributed by atoms with E-state index in [0.717, 1.165) is 37.5 Å². The third-order valence-corrected chi connectivity index (χ3v) is 4.65. The van der Waals surface area contributed by atoms with E-state index in [4.69, 9.17) is 4.74 Å². The van der Waals surface area contributed by atoms with E-state index in [2.05, 4.69) is 33.7 Å². The fourth-order valence-electron chi connectivity index (χ4n) is 3.37. The Labute approximate surface area is 161 Å². The summed E-state index contributed by atoms with van der Waals surface area (Å²) in [6.07, 6.45) is 0. The van der Waals surface area contributed by atoms with Gasteiger partial charge in [0.2, 0.25) is 0 Å². The molecular weight excluding hydrogens is 350 g/mol. The predicted octanol–water partition coefficient (Wildman–Crippen LogP) is 2.62. The molecule has 0 aliphatic carbocycles. The molecule has 2 aromatic rings. The van der Waals surface area contributed by atoms with Crippen molar-refractivity contribution in [1.29, 1.82) is 0 Å². The van der Waals surface area contributed by atoms with Crippen LogP contribution in [0.1, 0.15) is 27.5 Å². The second kappa shape index (κ2) is 9.57. The molecule has 1 atom stereocenters. The smallest absolute Gasteiger partial charge is 0.251 e. The minimum absolute atomic E-state index is 0. The van der Waals surface area contributed by atoms with Gasteiger partial charge in [0.1, 0.15) is 5.75 Å². The Morgan fingerprint density at radius 1 is 1.27 bits per heavy atom. The number of hydrogen-bond acceptors (Lipinski definition) is 4. The summed E-state index contributed by atoms with van der Waals surface area (Å²) < 4.78 is 5.55. The van der Waals surface area contributed by atoms with Gasteiger partial charge in [0.15, 0.2) is 0 Å². The summed E-state index contributed by atoms with van der Waals surface area (Å²) in [5.41, 5.74) is 3.03. The van der Waals surface area contributed by atoms with Crippen LogP contribution in [0.25, 0.3) is 0 Å². The Kier molecular flexibility index (Phi) is 7.45. The summed E-state index contributed by atoms with van der Waals surface area (Å²) in [6.45, 7) is 3.60. The Bertz CT molecular complexity index is 739. The minimum atomic E-state index is -0.0524. The molecule has 0 saturated carbocycles. The topological polar surface area (TPSA) is 53.6 Å². The molecule has 1 saturated heterocycles. The van der Waals surface area contributed by atoms with Crippen LogP contribution in [0.4, 0.5) is 0 Å². The van der Waals surface area contributed by atoms with Crippen LogP contribution >= 0.6 is 12.4 Å². The van der Waals surface area contributed by atoms with E-state index in [1.165, 1.54) is 5.56 Å². The van der Waals surface area contributed by atoms with E-state index >= 15 is 0 Å². The normalized spacial score (nSPS) is 17.2. The Hall–Kier alpha value is -2.08. The summed E-state index contributed by atoms with van der Waals surface area (Å²) in [4.78, 5) is 14.3. The number of rotatable bonds is 5. The maximum atomic E-state index is 11.9. The van der Waals surface area contributed by atoms with Crippen molar-refractivity contribution in [2.45, 2.75) is 12.6 Å². The Morgan fingerprint density at radius 3 is 2.85 bits per heavy atom. The van der Waals surface area contributed by atoms with Crippen molar-refractivity contribution in [2.24, 2.45) is 0 Å². The monoisotopic (exact) mass is 375 g/mol. The average molecular weight is 376 g/mol. The number of ether oxygens (including phenoxy) is 1. The van der Waals surface area contributed by atoms with Gasteiger partial charge in [-0.3, -0.25) is 9.69 Å². The summed E-state index contributed by atoms with van der Waals surface area (Å²) >= 11 is 0. The number of methoxy groups -OCH3 is 1. The van der Waals surface area contributed by atoms with Crippen molar-refractivity contribution in [2.75, 3.05) is 33.8 Å². The quantitative estimate of drug-likeness (QED) is 0.843. The summed E-state index contributed by atoms with van der Waals surface area (Å²) in [6, 6.07) is 16.3. The molecule has 2 aromatic carbocycles. The molecule has 26 heavy (non-hydrogen) atoms. The zero-order chi connectivity index (χ0) is 17.6. The van der Waals surface area contributed by atoms with Crippen LogP contribution in [0.2, 0.25) is 0 Å². The lowest BCUT2D eigenvalue weighted by molar-refractivity contribution is 0.0962. The van der Waals surface area contributed by atoms with E-state index in [1.807, 2.05) is 30.3 Å². The fraction of sp³-hybridized carbons (Fsp3) is 0.350. The molecule has 0 spiro atoms. The fourth-order valence-corrected chi connectivity index (χ4v) is 3.37. The van der Waals surface area contributed by atoms with Crippen LogP contribution in [0.3, 0.4) is 0 Å². The number of nitrogens with one attached hydrogen (secondary N) is 2. The van der Waals surface area contributed by atoms with Crippen LogP contribution in [-0.4, -0.2) is 44.6 Å². The molecule has 5 nitrogen and oxygen atoms in total. The minimum Gasteiger partial charge on any atom is -0.496 e. The first-order valence-electron chi connectivity index (χ1n) is 8.61. The van der Waals surface area contributed by atoms with Gasteiger partial charge in [-0.05, 0) is 23.8 Å². The molecule has 1 aliphatic rings. The maximum absolute atomic E-state index is 11.9. The van der Waals surface area contributed by atoms with Crippen molar-refractivity contribution in [1.82, 2.24) is 15.5 Å². The zero-order valence-corrected chi connectivity index (χ0v) is 16.0. The molecule has 1 unspecified atom stereocenters. The first-order valence-corrected chi connectivity index (χ1v) is 8.61. The number of hydrogen-bond donors (Lipinski definition) is 2. The highest BCUT2D eigenvalue weighted by atomic mass is 35.5. The van der Waals surface area contributed by atoms with Crippen molar-refractivity contribution in [3.8, 4) is 5.75 Å². The lowest BCUT2D eigenvalue weighted by Crippen LogP contribution is -2.45. The van der Waals surface area contributed by atoms with Crippen molar-refractivity contribution in [3.63, 3.8) is 0 Å². The van der Waals surface area contributed by atoms with Crippen molar-refractivity contribution >= 4 is 18.3 Å². The Balaban J connectivity index is 0.00000243. The first-order chi connectivity index (χ1) is 12.2. The summed E-state index contributed by atoms with van der Waals surface area (Å²) in [5, 5.41) is 6.16. The molecule has 1 amide bonds. The number of carbonyl (C=O) groups excluding carboxylic acids is 1. The number of amides is 1. The van der Waals surface area contributed by atoms with Gasteiger partial charge in [-0.15, -0.1) is 12.4 Å². The number of benzene rings is 2. The van der Waals surface area contributed by atoms with E-state index < -0.39 is 0 Å². The molecule has 0 aromatic heterocycles. The molecule has 3 rings (SSSR count). The molecule has 1 aliphatic heterocycles. The molecule has 0 radical (unpaired) electrons. The van der Waals surface area contributed by atoms with Gasteiger partial charge in [-0.2, -0.15) is 0 Å². The molecular formula is C20H26ClN3O2. The highest BCUT2D eigenvalue weighted by molar-refractivity contribution is 5.94. The summed E-state index contributed by atoms with van der Waals surface area (Å²) in [7, 11) is 3.37. The maximum Gasteiger partial charge on any atom is 0.251 e. The van der Waals surface area contributed by atoms with Crippen LogP contribution in [0.5, 0.6) is 5.75 Å². The summed E-state index contributed by atoms with van der Waals surface area (Å²) in [5.74, 6) is 0.865. The zero-order valence-electron chi connectivity index (χ0n) is 15.2. The highest BCUT2D eigenvalue weighted by Gasteiger charge is 2.26. The van der Waals surface area contributed by atoms with Crippen LogP contribution < -0.4 is 15.4 Å². The molecule has 1 heterocycles. The number of carbonyl (C=O) groups is 1. The van der Waals surface area contributed by atoms with Crippen LogP contribution in [0, 0.1) is 0 Å². The van der Waals surface area contributed by atoms with Gasteiger partial charge in [0, 0.05) is 44.4 Å². The number of nitrogens with zero attached hydrogens (tertiary/aromatic N) is 1. The van der Waals surface area contributed by atoms with Crippen LogP contribution in [-0.2, 0) is 6.54 Å². The standard InChI is InChI=1S/C20H25N3O2.ClH/c1-21-20(24)16-7-5-6-15(12-16)14-23-11-10-22-13-18(23)17-8-3-4-9-19(17)25-2;/h3-9,12,18,22H,10-11,13-14H2,1-2H3,(H,21,24);1H. The third-order valence-electron chi connectivity index (χ3n) is 4.65. The van der Waals surface area contributed by atoms with Crippen molar-refractivity contribution < 1.29 is 9.53 Å². The number of halogens is 1. The third kappa shape index (κ3) is 4.55. The second-order valence-corrected chi connectivity index (χ2v) is 6.21. The first kappa shape index (κ1) is 20.2. The number of piperazine rings is 1. The largest absolute Gasteiger partial charge is 0.496 e. The lowest BCUT2D eigenvalue weighted by Gasteiger charge is -2.37. The lowest BCUT2D eigenvalue weighted by atomic mass is 10.0. The van der Waals surface area contributed by atoms with E-state index in [0.29, 0.717) is 5.56 Å². The van der Waals surface area contributed by atoms with Gasteiger partial charge < -0.3 is 15.4 Å². The average Bonchev–Trinajstić information content (AvgIpc) is 2.68.